The number of hydrogen-bond acceptors (Lipinski definition) is 3. The molecule has 0 spiro atoms. The maximum atomic E-state index is 14.7. The number of carbonyl (C=O) groups is 2. The molecule has 0 heterocycles. The van der Waals surface area contributed by atoms with E-state index in [1.807, 2.05) is 67.5 Å². The van der Waals surface area contributed by atoms with Gasteiger partial charge in [0, 0.05) is 37.5 Å². The van der Waals surface area contributed by atoms with Gasteiger partial charge in [0.05, 0.1) is 7.89 Å². The highest BCUT2D eigenvalue weighted by Crippen LogP contribution is 2.49. The Labute approximate surface area is 224 Å². The summed E-state index contributed by atoms with van der Waals surface area (Å²) in [5, 5.41) is 9.02. The average Bonchev–Trinajstić information content (AvgIpc) is 3.56. The molecule has 2 bridgehead atoms. The highest BCUT2D eigenvalue weighted by Gasteiger charge is 2.44. The van der Waals surface area contributed by atoms with Gasteiger partial charge in [0.2, 0.25) is 5.91 Å². The molecule has 1 amide bonds. The van der Waals surface area contributed by atoms with E-state index in [-0.39, 0.29) is 17.5 Å². The van der Waals surface area contributed by atoms with Crippen LogP contribution in [0.15, 0.2) is 72.8 Å². The zero-order chi connectivity index (χ0) is 27.7. The highest BCUT2D eigenvalue weighted by atomic mass is 19.1. The Morgan fingerprint density at radius 1 is 0.974 bits per heavy atom. The number of carboxylic acid groups (broad SMARTS) is 1. The van der Waals surface area contributed by atoms with E-state index in [2.05, 4.69) is 0 Å². The minimum Gasteiger partial charge on any atom is -0.478 e. The predicted octanol–water partition coefficient (Wildman–Crippen LogP) is 6.63. The van der Waals surface area contributed by atoms with Crippen LogP contribution in [0.5, 0.6) is 0 Å². The van der Waals surface area contributed by atoms with Crippen molar-refractivity contribution in [3.63, 3.8) is 0 Å². The summed E-state index contributed by atoms with van der Waals surface area (Å²) in [4.78, 5) is 28.4. The summed E-state index contributed by atoms with van der Waals surface area (Å²) >= 11 is 0. The minimum absolute atomic E-state index is 0.163. The molecule has 1 N–H and O–H groups in total. The third-order valence-electron chi connectivity index (χ3n) is 7.80. The smallest absolute Gasteiger partial charge is 0.328 e. The van der Waals surface area contributed by atoms with Crippen molar-refractivity contribution in [3.8, 4) is 11.1 Å². The molecule has 5 rings (SSSR count). The third-order valence-corrected chi connectivity index (χ3v) is 7.80. The first-order chi connectivity index (χ1) is 18.7. The molecule has 196 valence electrons. The molecule has 0 aliphatic heterocycles. The van der Waals surface area contributed by atoms with E-state index in [4.69, 9.17) is 6.48 Å². The number of aliphatic carboxylic acids is 1. The Morgan fingerprint density at radius 2 is 1.66 bits per heavy atom. The summed E-state index contributed by atoms with van der Waals surface area (Å²) in [5.74, 6) is -1.26. The number of carboxylic acids is 1. The second-order valence-electron chi connectivity index (χ2n) is 10.6. The molecular weight excluding hydrogens is 479 g/mol. The average molecular weight is 514 g/mol. The summed E-state index contributed by atoms with van der Waals surface area (Å²) in [6, 6.07) is 19.8. The summed E-state index contributed by atoms with van der Waals surface area (Å²) in [6.45, 7) is -1.08. The van der Waals surface area contributed by atoms with E-state index >= 15 is 0 Å². The van der Waals surface area contributed by atoms with Crippen LogP contribution in [-0.4, -0.2) is 31.1 Å². The molecule has 0 unspecified atom stereocenters. The number of halogens is 1. The van der Waals surface area contributed by atoms with Gasteiger partial charge in [0.25, 0.3) is 0 Å². The normalized spacial score (nSPS) is 21.3. The summed E-state index contributed by atoms with van der Waals surface area (Å²) in [7, 11) is 3.98. The maximum absolute atomic E-state index is 14.7. The Hall–Kier alpha value is -3.93. The maximum Gasteiger partial charge on any atom is 0.328 e. The monoisotopic (exact) mass is 513 g/mol. The molecule has 0 aromatic heterocycles. The topological polar surface area (TPSA) is 60.9 Å². The van der Waals surface area contributed by atoms with Gasteiger partial charge >= 0.3 is 5.97 Å². The molecule has 0 saturated heterocycles. The quantitative estimate of drug-likeness (QED) is 0.344. The lowest BCUT2D eigenvalue weighted by molar-refractivity contribution is -0.131. The third kappa shape index (κ3) is 5.64. The Balaban J connectivity index is 1.48. The van der Waals surface area contributed by atoms with Gasteiger partial charge in [-0.2, -0.15) is 0 Å². The lowest BCUT2D eigenvalue weighted by Gasteiger charge is -2.30. The molecule has 3 aromatic rings. The molecule has 2 saturated carbocycles. The van der Waals surface area contributed by atoms with Crippen LogP contribution in [0.4, 0.5) is 15.8 Å². The number of hydrogen-bond donors (Lipinski definition) is 1. The molecule has 6 heteroatoms. The first kappa shape index (κ1) is 24.4. The van der Waals surface area contributed by atoms with Gasteiger partial charge in [0.1, 0.15) is 5.82 Å². The number of amides is 1. The molecule has 2 aliphatic rings. The van der Waals surface area contributed by atoms with Crippen LogP contribution in [0, 0.1) is 23.6 Å². The number of fused-ring (bicyclic) bond motifs is 2. The van der Waals surface area contributed by atoms with E-state index in [1.165, 1.54) is 23.1 Å². The zero-order valence-corrected chi connectivity index (χ0v) is 21.7. The fourth-order valence-electron chi connectivity index (χ4n) is 5.85. The van der Waals surface area contributed by atoms with Gasteiger partial charge in [-0.1, -0.05) is 42.8 Å². The zero-order valence-electron chi connectivity index (χ0n) is 22.7. The lowest BCUT2D eigenvalue weighted by atomic mass is 9.87. The molecule has 3 aromatic carbocycles. The Morgan fingerprint density at radius 3 is 2.24 bits per heavy atom. The van der Waals surface area contributed by atoms with Crippen LogP contribution in [0.25, 0.3) is 17.2 Å². The molecule has 4 atom stereocenters. The molecule has 5 nitrogen and oxygen atoms in total. The van der Waals surface area contributed by atoms with Crippen molar-refractivity contribution in [2.75, 3.05) is 23.9 Å². The molecular formula is C32H33FN2O3. The van der Waals surface area contributed by atoms with E-state index in [9.17, 15) is 14.0 Å². The van der Waals surface area contributed by atoms with E-state index in [1.54, 1.807) is 6.07 Å². The van der Waals surface area contributed by atoms with Crippen molar-refractivity contribution >= 4 is 29.3 Å². The Bertz CT molecular complexity index is 1390. The predicted molar refractivity (Wildman–Crippen MR) is 149 cm³/mol. The van der Waals surface area contributed by atoms with Crippen LogP contribution in [0.3, 0.4) is 0 Å². The fourth-order valence-corrected chi connectivity index (χ4v) is 5.85. The second-order valence-corrected chi connectivity index (χ2v) is 10.6. The molecule has 2 fully saturated rings. The summed E-state index contributed by atoms with van der Waals surface area (Å²) in [5.41, 5.74) is 4.34. The largest absolute Gasteiger partial charge is 0.478 e. The van der Waals surface area contributed by atoms with Gasteiger partial charge in [-0.25, -0.2) is 9.18 Å². The van der Waals surface area contributed by atoms with Gasteiger partial charge in [-0.3, -0.25) is 4.79 Å². The first-order valence-corrected chi connectivity index (χ1v) is 13.0. The van der Waals surface area contributed by atoms with Crippen molar-refractivity contribution in [2.45, 2.75) is 32.2 Å². The fraction of sp³-hybridized carbons (Fsp3) is 0.312. The van der Waals surface area contributed by atoms with Crippen molar-refractivity contribution in [1.82, 2.24) is 0 Å². The van der Waals surface area contributed by atoms with Crippen LogP contribution >= 0.6 is 0 Å². The van der Waals surface area contributed by atoms with Gasteiger partial charge in [-0.05, 0) is 89.8 Å². The van der Waals surface area contributed by atoms with Crippen LogP contribution in [0.1, 0.15) is 38.2 Å². The standard InChI is InChI=1S/C32H33FN2O3/c1-34(2)28-12-10-25(11-13-28)24-7-3-21(4-8-24)20-35(32(38)30-18-22-5-9-26(30)15-22)29-17-23(6-14-31(36)37)16-27(33)19-29/h3-4,6-8,10-14,16-17,19,22,26,30H,5,9,15,18,20H2,1-2H3,(H,36,37)/b14-6+/t22-,26+,30+/m1/s1/i20D/t20-,22-,26+,30+. The van der Waals surface area contributed by atoms with Gasteiger partial charge in [-0.15, -0.1) is 0 Å². The van der Waals surface area contributed by atoms with E-state index in [0.29, 0.717) is 23.0 Å². The number of carbonyl (C=O) groups excluding carboxylic acids is 1. The van der Waals surface area contributed by atoms with Crippen LogP contribution < -0.4 is 9.80 Å². The summed E-state index contributed by atoms with van der Waals surface area (Å²) in [6.07, 6.45) is 6.21. The van der Waals surface area contributed by atoms with Gasteiger partial charge < -0.3 is 14.9 Å². The molecule has 0 radical (unpaired) electrons. The van der Waals surface area contributed by atoms with Crippen molar-refractivity contribution < 1.29 is 20.5 Å². The van der Waals surface area contributed by atoms with Crippen molar-refractivity contribution in [2.24, 2.45) is 17.8 Å². The lowest BCUT2D eigenvalue weighted by Crippen LogP contribution is -2.38. The second kappa shape index (κ2) is 10.8. The SMILES string of the molecule is [2H][C@H](c1ccc(-c2ccc(N(C)C)cc2)cc1)N(C(=O)[C@H]1C[C@@H]2CC[C@H]1C2)c1cc(F)cc(/C=C/C(=O)O)c1. The van der Waals surface area contributed by atoms with E-state index < -0.39 is 18.3 Å². The number of benzene rings is 3. The van der Waals surface area contributed by atoms with Crippen molar-refractivity contribution in [3.05, 3.63) is 89.8 Å². The summed E-state index contributed by atoms with van der Waals surface area (Å²) < 4.78 is 23.9. The van der Waals surface area contributed by atoms with E-state index in [0.717, 1.165) is 48.6 Å². The minimum atomic E-state index is -1.15. The van der Waals surface area contributed by atoms with Crippen LogP contribution in [-0.2, 0) is 16.1 Å². The van der Waals surface area contributed by atoms with Crippen molar-refractivity contribution in [1.29, 1.82) is 0 Å². The highest BCUT2D eigenvalue weighted by molar-refractivity contribution is 5.96. The Kier molecular flexibility index (Phi) is 6.95. The van der Waals surface area contributed by atoms with Gasteiger partial charge in [0.15, 0.2) is 0 Å². The number of anilines is 2. The number of rotatable bonds is 8. The first-order valence-electron chi connectivity index (χ1n) is 13.6. The molecule has 2 aliphatic carbocycles. The van der Waals surface area contributed by atoms with Crippen LogP contribution in [0.2, 0.25) is 0 Å². The molecule has 38 heavy (non-hydrogen) atoms. The number of nitrogens with zero attached hydrogens (tertiary/aromatic N) is 2.